The van der Waals surface area contributed by atoms with E-state index in [1.165, 1.54) is 11.1 Å². The summed E-state index contributed by atoms with van der Waals surface area (Å²) in [6.07, 6.45) is 11.4. The van der Waals surface area contributed by atoms with E-state index in [2.05, 4.69) is 49.1 Å². The molecular weight excluding hydrogens is 680 g/mol. The molecule has 2 unspecified atom stereocenters. The van der Waals surface area contributed by atoms with Crippen LogP contribution in [-0.4, -0.2) is 58.0 Å². The molecule has 0 fully saturated rings. The molecule has 0 saturated carbocycles. The summed E-state index contributed by atoms with van der Waals surface area (Å²) in [4.78, 5) is 31.0. The quantitative estimate of drug-likeness (QED) is 0.102. The van der Waals surface area contributed by atoms with Gasteiger partial charge in [-0.25, -0.2) is 9.59 Å². The first-order valence-electron chi connectivity index (χ1n) is 17.0. The maximum absolute atomic E-state index is 11.8. The Morgan fingerprint density at radius 1 is 0.698 bits per heavy atom. The van der Waals surface area contributed by atoms with Gasteiger partial charge in [0.05, 0.1) is 0 Å². The van der Waals surface area contributed by atoms with Crippen molar-refractivity contribution in [2.75, 3.05) is 0 Å². The maximum atomic E-state index is 11.8. The Kier molecular flexibility index (Phi) is 22.9. The van der Waals surface area contributed by atoms with Crippen molar-refractivity contribution in [1.82, 2.24) is 9.97 Å². The van der Waals surface area contributed by atoms with Gasteiger partial charge in [0.1, 0.15) is 22.7 Å². The Labute approximate surface area is 327 Å². The zero-order chi connectivity index (χ0) is 39.2. The molecule has 4 aromatic rings. The van der Waals surface area contributed by atoms with Crippen molar-refractivity contribution in [3.8, 4) is 11.5 Å². The molecule has 280 valence electrons. The Balaban J connectivity index is 0. The fourth-order valence-electron chi connectivity index (χ4n) is 4.51. The van der Waals surface area contributed by atoms with Crippen molar-refractivity contribution < 1.29 is 30.0 Å². The van der Waals surface area contributed by atoms with Crippen molar-refractivity contribution in [2.24, 2.45) is 0 Å². The van der Waals surface area contributed by atoms with E-state index in [0.29, 0.717) is 23.3 Å². The standard InChI is InChI=1S/C22H29NO3.C13H16O3.C7H7N.Al.B.HN.H2/c1-6-17(15-16(2)18-11-13-23-14-12-18)19-7-9-20(10-8-19)25-21(24)26-22(3,4)5;1-5-10-6-8-11(9-7-10)15-12(14)16-13(2,3)4;1-2-7-3-5-8-6-4-7;;;;/h7-14,16-17H,6,15H2,1-5H3;5-9H,1H2,2-4H3;2-6H,1H2;;;2*1H/i;;;;;;1+1. The van der Waals surface area contributed by atoms with Crippen LogP contribution in [0, 0.1) is 4.35 Å². The third-order valence-corrected chi connectivity index (χ3v) is 7.00. The molecule has 2 aromatic heterocycles. The van der Waals surface area contributed by atoms with Gasteiger partial charge in [-0.15, -0.1) is 0 Å². The summed E-state index contributed by atoms with van der Waals surface area (Å²) >= 11 is 1.67. The Morgan fingerprint density at radius 2 is 1.08 bits per heavy atom. The molecule has 4 radical (unpaired) electrons. The summed E-state index contributed by atoms with van der Waals surface area (Å²) in [6.45, 7) is 22.5. The molecule has 0 bridgehead atoms. The predicted octanol–water partition coefficient (Wildman–Crippen LogP) is 11.2. The minimum atomic E-state index is -0.696. The fourth-order valence-corrected chi connectivity index (χ4v) is 4.51. The number of nitrogens with zero attached hydrogens (tertiary/aromatic N) is 2. The van der Waals surface area contributed by atoms with Crippen LogP contribution in [0.5, 0.6) is 11.5 Å². The van der Waals surface area contributed by atoms with Crippen LogP contribution in [-0.2, 0) is 9.47 Å². The third-order valence-electron chi connectivity index (χ3n) is 7.00. The molecule has 0 amide bonds. The second-order valence-corrected chi connectivity index (χ2v) is 13.5. The van der Waals surface area contributed by atoms with Crippen molar-refractivity contribution in [3.63, 3.8) is 0 Å². The van der Waals surface area contributed by atoms with E-state index in [9.17, 15) is 9.59 Å². The molecule has 9 nitrogen and oxygen atoms in total. The van der Waals surface area contributed by atoms with E-state index in [1.54, 1.807) is 73.5 Å². The number of pyridine rings is 2. The number of benzene rings is 2. The second-order valence-electron chi connectivity index (χ2n) is 13.5. The molecular formula is C42H55AlBN3O6. The van der Waals surface area contributed by atoms with Crippen LogP contribution >= 0.6 is 0 Å². The predicted molar refractivity (Wildman–Crippen MR) is 218 cm³/mol. The first-order chi connectivity index (χ1) is 24.6. The average Bonchev–Trinajstić information content (AvgIpc) is 3.11. The number of carbonyl (C=O) groups is 2. The summed E-state index contributed by atoms with van der Waals surface area (Å²) in [7, 11) is 0. The van der Waals surface area contributed by atoms with Gasteiger partial charge in [0, 0.05) is 34.6 Å². The summed E-state index contributed by atoms with van der Waals surface area (Å²) in [5, 5.41) is 0. The Morgan fingerprint density at radius 3 is 1.43 bits per heavy atom. The molecule has 1 N–H and O–H groups in total. The molecule has 2 heterocycles. The van der Waals surface area contributed by atoms with E-state index in [1.807, 2.05) is 81.7 Å². The van der Waals surface area contributed by atoms with Crippen LogP contribution < -0.4 is 9.47 Å². The van der Waals surface area contributed by atoms with Crippen molar-refractivity contribution >= 4 is 49.0 Å². The molecule has 0 aliphatic rings. The molecule has 0 aliphatic carbocycles. The summed E-state index contributed by atoms with van der Waals surface area (Å²) < 4.78 is 26.1. The molecule has 0 aliphatic heterocycles. The molecule has 0 spiro atoms. The topological polar surface area (TPSA) is 121 Å². The summed E-state index contributed by atoms with van der Waals surface area (Å²) in [5.41, 5.74) is 3.54. The van der Waals surface area contributed by atoms with Gasteiger partial charge in [-0.2, -0.15) is 0 Å². The van der Waals surface area contributed by atoms with Crippen LogP contribution in [0.3, 0.4) is 0 Å². The van der Waals surface area contributed by atoms with Gasteiger partial charge in [-0.05, 0) is 137 Å². The molecule has 53 heavy (non-hydrogen) atoms. The van der Waals surface area contributed by atoms with E-state index in [0.717, 1.165) is 24.0 Å². The molecule has 2 aromatic carbocycles. The van der Waals surface area contributed by atoms with E-state index < -0.39 is 23.5 Å². The van der Waals surface area contributed by atoms with Crippen LogP contribution in [0.15, 0.2) is 111 Å². The van der Waals surface area contributed by atoms with Crippen molar-refractivity contribution in [2.45, 2.75) is 91.3 Å². The second kappa shape index (κ2) is 25.2. The monoisotopic (exact) mass is 736 g/mol. The van der Waals surface area contributed by atoms with Gasteiger partial charge in [0.2, 0.25) is 0 Å². The fraction of sp³-hybridized carbons (Fsp3) is 0.333. The number of hydrogen-bond donors (Lipinski definition) is 1. The van der Waals surface area contributed by atoms with E-state index >= 15 is 0 Å². The Hall–Kier alpha value is -4.84. The SMILES string of the molecule is C=Cc1ccc(OC(=O)OC(C)(C)C)cc1.C=Cc1ccncc1.CCC(CC(C)c1ccncc1)c1ccc(OC(=O)OC(C)(C)C)cc1.[2HH].[B].[NH]=[Al]. The van der Waals surface area contributed by atoms with Crippen LogP contribution in [0.2, 0.25) is 0 Å². The van der Waals surface area contributed by atoms with Gasteiger partial charge >= 0.3 is 32.8 Å². The summed E-state index contributed by atoms with van der Waals surface area (Å²) in [6, 6.07) is 22.7. The van der Waals surface area contributed by atoms with Crippen molar-refractivity contribution in [1.29, 1.82) is 4.35 Å². The van der Waals surface area contributed by atoms with Gasteiger partial charge in [-0.3, -0.25) is 9.97 Å². The number of carbonyl (C=O) groups excluding carboxylic acids is 2. The zero-order valence-corrected chi connectivity index (χ0v) is 33.5. The number of aromatic nitrogens is 2. The van der Waals surface area contributed by atoms with E-state index in [4.69, 9.17) is 23.3 Å². The van der Waals surface area contributed by atoms with Crippen LogP contribution in [0.4, 0.5) is 9.59 Å². The number of rotatable bonds is 9. The van der Waals surface area contributed by atoms with Gasteiger partial charge in [-0.1, -0.05) is 63.4 Å². The van der Waals surface area contributed by atoms with E-state index in [-0.39, 0.29) is 9.84 Å². The van der Waals surface area contributed by atoms with Gasteiger partial charge in [0.15, 0.2) is 0 Å². The molecule has 2 atom stereocenters. The van der Waals surface area contributed by atoms with Crippen LogP contribution in [0.25, 0.3) is 12.2 Å². The Bertz CT molecular complexity index is 1630. The first kappa shape index (κ1) is 48.2. The number of ether oxygens (including phenoxy) is 4. The molecule has 11 heteroatoms. The average molecular weight is 737 g/mol. The van der Waals surface area contributed by atoms with Crippen LogP contribution in [0.1, 0.15) is 104 Å². The summed E-state index contributed by atoms with van der Waals surface area (Å²) in [5.74, 6) is 1.87. The van der Waals surface area contributed by atoms with Gasteiger partial charge < -0.3 is 18.9 Å². The van der Waals surface area contributed by atoms with Crippen molar-refractivity contribution in [3.05, 3.63) is 133 Å². The molecule has 0 saturated heterocycles. The zero-order valence-electron chi connectivity index (χ0n) is 32.4. The minimum absolute atomic E-state index is 0. The third kappa shape index (κ3) is 21.3. The molecule has 4 rings (SSSR count). The number of nitrogens with one attached hydrogen (secondary N) is 1. The normalized spacial score (nSPS) is 11.3. The van der Waals surface area contributed by atoms with Gasteiger partial charge in [0.25, 0.3) is 0 Å². The number of hydrogen-bond acceptors (Lipinski definition) is 9. The first-order valence-corrected chi connectivity index (χ1v) is 17.6.